The lowest BCUT2D eigenvalue weighted by atomic mass is 10.0. The molecule has 3 rings (SSSR count). The third-order valence-corrected chi connectivity index (χ3v) is 4.71. The van der Waals surface area contributed by atoms with Gasteiger partial charge in [0.1, 0.15) is 5.76 Å². The molecule has 1 aliphatic heterocycles. The molecule has 2 aromatic rings. The summed E-state index contributed by atoms with van der Waals surface area (Å²) < 4.78 is 12.3. The van der Waals surface area contributed by atoms with Crippen LogP contribution in [0.25, 0.3) is 0 Å². The molecule has 1 aliphatic rings. The van der Waals surface area contributed by atoms with Crippen molar-refractivity contribution < 1.29 is 13.9 Å². The Kier molecular flexibility index (Phi) is 6.30. The van der Waals surface area contributed by atoms with Gasteiger partial charge in [-0.25, -0.2) is 4.79 Å². The molecule has 1 fully saturated rings. The molecule has 142 valence electrons. The van der Waals surface area contributed by atoms with Crippen LogP contribution < -0.4 is 5.32 Å². The van der Waals surface area contributed by atoms with Crippen molar-refractivity contribution in [3.63, 3.8) is 0 Å². The number of furan rings is 1. The van der Waals surface area contributed by atoms with E-state index in [0.29, 0.717) is 25.4 Å². The number of carbonyl (C=O) groups is 1. The van der Waals surface area contributed by atoms with Crippen molar-refractivity contribution in [1.29, 1.82) is 0 Å². The molecule has 0 unspecified atom stereocenters. The molecule has 0 aromatic carbocycles. The fraction of sp³-hybridized carbons (Fsp3) is 0.556. The third-order valence-electron chi connectivity index (χ3n) is 4.71. The summed E-state index contributed by atoms with van der Waals surface area (Å²) in [4.78, 5) is 17.1. The maximum Gasteiger partial charge on any atom is 0.322 e. The first-order valence-corrected chi connectivity index (χ1v) is 8.95. The molecule has 3 heterocycles. The highest BCUT2D eigenvalue weighted by molar-refractivity contribution is 5.89. The van der Waals surface area contributed by atoms with Crippen LogP contribution in [0.1, 0.15) is 18.6 Å². The molecule has 8 nitrogen and oxygen atoms in total. The largest absolute Gasteiger partial charge is 0.467 e. The molecule has 0 saturated carbocycles. The highest BCUT2D eigenvalue weighted by Crippen LogP contribution is 2.20. The van der Waals surface area contributed by atoms with Crippen LogP contribution in [-0.4, -0.2) is 65.5 Å². The lowest BCUT2D eigenvalue weighted by molar-refractivity contribution is 0.130. The Bertz CT molecular complexity index is 677. The molecule has 1 saturated heterocycles. The van der Waals surface area contributed by atoms with E-state index in [0.717, 1.165) is 31.7 Å². The van der Waals surface area contributed by atoms with Gasteiger partial charge in [0, 0.05) is 19.3 Å². The van der Waals surface area contributed by atoms with Crippen molar-refractivity contribution in [3.8, 4) is 0 Å². The maximum absolute atomic E-state index is 12.9. The zero-order chi connectivity index (χ0) is 18.4. The monoisotopic (exact) mass is 361 g/mol. The summed E-state index contributed by atoms with van der Waals surface area (Å²) >= 11 is 0. The van der Waals surface area contributed by atoms with Crippen LogP contribution in [0.2, 0.25) is 0 Å². The van der Waals surface area contributed by atoms with Crippen LogP contribution in [0, 0.1) is 0 Å². The lowest BCUT2D eigenvalue weighted by Crippen LogP contribution is -2.47. The molecule has 0 aliphatic carbocycles. The summed E-state index contributed by atoms with van der Waals surface area (Å²) in [5, 5.41) is 7.21. The van der Waals surface area contributed by atoms with E-state index in [1.54, 1.807) is 24.3 Å². The van der Waals surface area contributed by atoms with Crippen molar-refractivity contribution in [2.24, 2.45) is 0 Å². The van der Waals surface area contributed by atoms with Gasteiger partial charge in [-0.3, -0.25) is 4.68 Å². The van der Waals surface area contributed by atoms with E-state index in [1.165, 1.54) is 0 Å². The average molecular weight is 361 g/mol. The predicted octanol–water partition coefficient (Wildman–Crippen LogP) is 2.25. The molecule has 1 N–H and O–H groups in total. The topological polar surface area (TPSA) is 75.8 Å². The second-order valence-corrected chi connectivity index (χ2v) is 6.66. The number of likely N-dealkylation sites (tertiary alicyclic amines) is 1. The number of anilines is 1. The van der Waals surface area contributed by atoms with Gasteiger partial charge >= 0.3 is 6.03 Å². The first-order valence-electron chi connectivity index (χ1n) is 8.95. The standard InChI is InChI=1S/C18H27N5O3/c1-21-7-5-16(6-8-21)23(14-17-4-3-10-26-17)18(24)20-15-12-19-22(13-15)9-11-25-2/h3-4,10,12-13,16H,5-9,11,14H2,1-2H3,(H,20,24). The van der Waals surface area contributed by atoms with Gasteiger partial charge in [0.2, 0.25) is 0 Å². The first-order chi connectivity index (χ1) is 12.7. The Labute approximate surface area is 153 Å². The number of amides is 2. The number of urea groups is 1. The Morgan fingerprint density at radius 1 is 1.46 bits per heavy atom. The van der Waals surface area contributed by atoms with Crippen LogP contribution in [0.3, 0.4) is 0 Å². The number of ether oxygens (including phenoxy) is 1. The quantitative estimate of drug-likeness (QED) is 0.819. The molecular formula is C18H27N5O3. The summed E-state index contributed by atoms with van der Waals surface area (Å²) in [5.41, 5.74) is 0.684. The average Bonchev–Trinajstić information content (AvgIpc) is 3.30. The van der Waals surface area contributed by atoms with E-state index < -0.39 is 0 Å². The van der Waals surface area contributed by atoms with Crippen molar-refractivity contribution in [1.82, 2.24) is 19.6 Å². The van der Waals surface area contributed by atoms with Crippen LogP contribution in [0.15, 0.2) is 35.2 Å². The molecule has 8 heteroatoms. The number of piperidine rings is 1. The summed E-state index contributed by atoms with van der Waals surface area (Å²) in [6, 6.07) is 3.82. The minimum Gasteiger partial charge on any atom is -0.467 e. The smallest absolute Gasteiger partial charge is 0.322 e. The number of hydrogen-bond donors (Lipinski definition) is 1. The first kappa shape index (κ1) is 18.5. The molecule has 0 atom stereocenters. The highest BCUT2D eigenvalue weighted by Gasteiger charge is 2.28. The summed E-state index contributed by atoms with van der Waals surface area (Å²) in [7, 11) is 3.77. The van der Waals surface area contributed by atoms with Gasteiger partial charge in [-0.1, -0.05) is 0 Å². The number of hydrogen-bond acceptors (Lipinski definition) is 5. The van der Waals surface area contributed by atoms with E-state index in [1.807, 2.05) is 23.2 Å². The third kappa shape index (κ3) is 4.86. The molecule has 0 bridgehead atoms. The molecule has 2 aromatic heterocycles. The van der Waals surface area contributed by atoms with Gasteiger partial charge in [0.25, 0.3) is 0 Å². The van der Waals surface area contributed by atoms with Gasteiger partial charge in [-0.2, -0.15) is 5.10 Å². The Balaban J connectivity index is 1.66. The zero-order valence-electron chi connectivity index (χ0n) is 15.4. The minimum absolute atomic E-state index is 0.123. The van der Waals surface area contributed by atoms with E-state index in [4.69, 9.17) is 9.15 Å². The number of aromatic nitrogens is 2. The van der Waals surface area contributed by atoms with E-state index in [9.17, 15) is 4.79 Å². The lowest BCUT2D eigenvalue weighted by Gasteiger charge is -2.36. The van der Waals surface area contributed by atoms with Crippen molar-refractivity contribution >= 4 is 11.7 Å². The van der Waals surface area contributed by atoms with Crippen molar-refractivity contribution in [2.75, 3.05) is 39.2 Å². The summed E-state index contributed by atoms with van der Waals surface area (Å²) in [6.45, 7) is 3.67. The van der Waals surface area contributed by atoms with E-state index in [-0.39, 0.29) is 12.1 Å². The number of rotatable bonds is 7. The minimum atomic E-state index is -0.123. The molecule has 0 radical (unpaired) electrons. The number of nitrogens with zero attached hydrogens (tertiary/aromatic N) is 4. The SMILES string of the molecule is COCCn1cc(NC(=O)N(Cc2ccco2)C2CCN(C)CC2)cn1. The van der Waals surface area contributed by atoms with Crippen LogP contribution in [0.5, 0.6) is 0 Å². The number of carbonyl (C=O) groups excluding carboxylic acids is 1. The van der Waals surface area contributed by atoms with Crippen molar-refractivity contribution in [2.45, 2.75) is 32.0 Å². The molecule has 0 spiro atoms. The summed E-state index contributed by atoms with van der Waals surface area (Å²) in [6.07, 6.45) is 7.03. The van der Waals surface area contributed by atoms with E-state index >= 15 is 0 Å². The Hall–Kier alpha value is -2.32. The van der Waals surface area contributed by atoms with Crippen molar-refractivity contribution in [3.05, 3.63) is 36.5 Å². The van der Waals surface area contributed by atoms with Gasteiger partial charge in [-0.05, 0) is 45.1 Å². The Morgan fingerprint density at radius 3 is 2.96 bits per heavy atom. The normalized spacial score (nSPS) is 15.9. The van der Waals surface area contributed by atoms with Crippen LogP contribution in [-0.2, 0) is 17.8 Å². The van der Waals surface area contributed by atoms with Gasteiger partial charge < -0.3 is 24.3 Å². The maximum atomic E-state index is 12.9. The van der Waals surface area contributed by atoms with Gasteiger partial charge in [0.05, 0.1) is 37.8 Å². The molecule has 26 heavy (non-hydrogen) atoms. The second-order valence-electron chi connectivity index (χ2n) is 6.66. The molecule has 2 amide bonds. The number of methoxy groups -OCH3 is 1. The number of nitrogens with one attached hydrogen (secondary N) is 1. The highest BCUT2D eigenvalue weighted by atomic mass is 16.5. The fourth-order valence-corrected chi connectivity index (χ4v) is 3.17. The Morgan fingerprint density at radius 2 is 2.27 bits per heavy atom. The van der Waals surface area contributed by atoms with Gasteiger partial charge in [-0.15, -0.1) is 0 Å². The fourth-order valence-electron chi connectivity index (χ4n) is 3.17. The van der Waals surface area contributed by atoms with Crippen LogP contribution in [0.4, 0.5) is 10.5 Å². The zero-order valence-corrected chi connectivity index (χ0v) is 15.4. The summed E-state index contributed by atoms with van der Waals surface area (Å²) in [5.74, 6) is 0.787. The second kappa shape index (κ2) is 8.86. The van der Waals surface area contributed by atoms with Crippen LogP contribution >= 0.6 is 0 Å². The predicted molar refractivity (Wildman–Crippen MR) is 97.9 cm³/mol. The molecular weight excluding hydrogens is 334 g/mol. The van der Waals surface area contributed by atoms with E-state index in [2.05, 4.69) is 22.4 Å². The van der Waals surface area contributed by atoms with Gasteiger partial charge in [0.15, 0.2) is 0 Å².